The molecule has 0 atom stereocenters. The van der Waals surface area contributed by atoms with E-state index in [1.165, 1.54) is 6.33 Å². The van der Waals surface area contributed by atoms with E-state index in [1.54, 1.807) is 15.8 Å². The first-order valence-electron chi connectivity index (χ1n) is 5.84. The first-order chi connectivity index (χ1) is 8.66. The predicted molar refractivity (Wildman–Crippen MR) is 65.5 cm³/mol. The summed E-state index contributed by atoms with van der Waals surface area (Å²) in [5.74, 6) is 0.399. The number of hydrogen-bond acceptors (Lipinski definition) is 5. The van der Waals surface area contributed by atoms with Crippen LogP contribution in [-0.2, 0) is 11.3 Å². The summed E-state index contributed by atoms with van der Waals surface area (Å²) in [5.41, 5.74) is 6.83. The molecule has 0 unspecified atom stereocenters. The monoisotopic (exact) mass is 246 g/mol. The zero-order valence-corrected chi connectivity index (χ0v) is 10.1. The van der Waals surface area contributed by atoms with E-state index in [0.717, 1.165) is 12.8 Å². The third kappa shape index (κ3) is 1.77. The standard InChI is InChI=1S/C11H14N6O/c1-16(7-2-3-7)8(18)4-17-6-15-9-10(12)13-5-14-11(9)17/h5-7H,2-4H2,1H3,(H2,12,13,14). The molecule has 1 aliphatic rings. The Kier molecular flexibility index (Phi) is 2.39. The number of nitrogen functional groups attached to an aromatic ring is 1. The Morgan fingerprint density at radius 2 is 2.28 bits per heavy atom. The lowest BCUT2D eigenvalue weighted by molar-refractivity contribution is -0.130. The van der Waals surface area contributed by atoms with Crippen LogP contribution >= 0.6 is 0 Å². The van der Waals surface area contributed by atoms with Gasteiger partial charge in [-0.15, -0.1) is 0 Å². The van der Waals surface area contributed by atoms with Gasteiger partial charge in [-0.05, 0) is 12.8 Å². The van der Waals surface area contributed by atoms with Crippen molar-refractivity contribution in [2.45, 2.75) is 25.4 Å². The SMILES string of the molecule is CN(C(=O)Cn1cnc2c(N)ncnc21)C1CC1. The van der Waals surface area contributed by atoms with E-state index in [9.17, 15) is 4.79 Å². The van der Waals surface area contributed by atoms with E-state index in [1.807, 2.05) is 7.05 Å². The molecule has 0 aromatic carbocycles. The van der Waals surface area contributed by atoms with E-state index in [2.05, 4.69) is 15.0 Å². The summed E-state index contributed by atoms with van der Waals surface area (Å²) in [6.45, 7) is 0.236. The summed E-state index contributed by atoms with van der Waals surface area (Å²) in [5, 5.41) is 0. The van der Waals surface area contributed by atoms with Crippen molar-refractivity contribution in [3.05, 3.63) is 12.7 Å². The van der Waals surface area contributed by atoms with Crippen molar-refractivity contribution < 1.29 is 4.79 Å². The highest BCUT2D eigenvalue weighted by atomic mass is 16.2. The number of fused-ring (bicyclic) bond motifs is 1. The van der Waals surface area contributed by atoms with Crippen LogP contribution in [0.1, 0.15) is 12.8 Å². The first-order valence-corrected chi connectivity index (χ1v) is 5.84. The van der Waals surface area contributed by atoms with Crippen LogP contribution in [0.15, 0.2) is 12.7 Å². The van der Waals surface area contributed by atoms with E-state index in [-0.39, 0.29) is 12.5 Å². The second-order valence-electron chi connectivity index (χ2n) is 4.54. The predicted octanol–water partition coefficient (Wildman–Crippen LogP) is 0.0293. The number of amides is 1. The average Bonchev–Trinajstić information content (AvgIpc) is 3.12. The number of anilines is 1. The molecule has 2 heterocycles. The summed E-state index contributed by atoms with van der Waals surface area (Å²) in [6.07, 6.45) is 5.16. The Hall–Kier alpha value is -2.18. The van der Waals surface area contributed by atoms with E-state index in [4.69, 9.17) is 5.73 Å². The van der Waals surface area contributed by atoms with Gasteiger partial charge in [0.1, 0.15) is 18.4 Å². The highest BCUT2D eigenvalue weighted by molar-refractivity contribution is 5.83. The van der Waals surface area contributed by atoms with Crippen LogP contribution in [-0.4, -0.2) is 43.4 Å². The second kappa shape index (κ2) is 3.94. The van der Waals surface area contributed by atoms with Gasteiger partial charge in [0.25, 0.3) is 0 Å². The zero-order chi connectivity index (χ0) is 12.7. The Morgan fingerprint density at radius 1 is 1.50 bits per heavy atom. The van der Waals surface area contributed by atoms with Crippen LogP contribution in [0.3, 0.4) is 0 Å². The molecule has 94 valence electrons. The third-order valence-electron chi connectivity index (χ3n) is 3.22. The molecule has 1 aliphatic carbocycles. The molecule has 1 saturated carbocycles. The van der Waals surface area contributed by atoms with Gasteiger partial charge in [-0.3, -0.25) is 4.79 Å². The second-order valence-corrected chi connectivity index (χ2v) is 4.54. The van der Waals surface area contributed by atoms with Crippen molar-refractivity contribution in [2.75, 3.05) is 12.8 Å². The summed E-state index contributed by atoms with van der Waals surface area (Å²) in [7, 11) is 1.84. The molecule has 7 heteroatoms. The molecule has 18 heavy (non-hydrogen) atoms. The Morgan fingerprint density at radius 3 is 3.00 bits per heavy atom. The average molecular weight is 246 g/mol. The highest BCUT2D eigenvalue weighted by Crippen LogP contribution is 2.25. The zero-order valence-electron chi connectivity index (χ0n) is 10.1. The lowest BCUT2D eigenvalue weighted by Gasteiger charge is -2.16. The van der Waals surface area contributed by atoms with Crippen LogP contribution in [0.5, 0.6) is 0 Å². The highest BCUT2D eigenvalue weighted by Gasteiger charge is 2.29. The van der Waals surface area contributed by atoms with Gasteiger partial charge in [-0.2, -0.15) is 0 Å². The molecule has 3 rings (SSSR count). The Balaban J connectivity index is 1.86. The van der Waals surface area contributed by atoms with E-state index < -0.39 is 0 Å². The minimum Gasteiger partial charge on any atom is -0.382 e. The fourth-order valence-electron chi connectivity index (χ4n) is 1.94. The number of imidazole rings is 1. The largest absolute Gasteiger partial charge is 0.382 e. The molecule has 2 N–H and O–H groups in total. The molecule has 1 fully saturated rings. The number of carbonyl (C=O) groups is 1. The molecule has 0 bridgehead atoms. The number of likely N-dealkylation sites (N-methyl/N-ethyl adjacent to an activating group) is 1. The lowest BCUT2D eigenvalue weighted by atomic mass is 10.4. The number of rotatable bonds is 3. The minimum absolute atomic E-state index is 0.0639. The first kappa shape index (κ1) is 10.9. The van der Waals surface area contributed by atoms with Crippen molar-refractivity contribution in [1.29, 1.82) is 0 Å². The quantitative estimate of drug-likeness (QED) is 0.825. The lowest BCUT2D eigenvalue weighted by Crippen LogP contribution is -2.31. The van der Waals surface area contributed by atoms with Crippen LogP contribution in [0.25, 0.3) is 11.2 Å². The number of hydrogen-bond donors (Lipinski definition) is 1. The summed E-state index contributed by atoms with van der Waals surface area (Å²) < 4.78 is 1.70. The van der Waals surface area contributed by atoms with Gasteiger partial charge >= 0.3 is 0 Å². The van der Waals surface area contributed by atoms with Gasteiger partial charge in [-0.1, -0.05) is 0 Å². The Bertz CT molecular complexity index is 603. The molecule has 0 saturated heterocycles. The van der Waals surface area contributed by atoms with Gasteiger partial charge in [0.2, 0.25) is 5.91 Å². The van der Waals surface area contributed by atoms with Crippen LogP contribution in [0.2, 0.25) is 0 Å². The van der Waals surface area contributed by atoms with Crippen molar-refractivity contribution in [2.24, 2.45) is 0 Å². The van der Waals surface area contributed by atoms with Crippen molar-refractivity contribution >= 4 is 22.9 Å². The maximum absolute atomic E-state index is 12.0. The minimum atomic E-state index is 0.0639. The number of nitrogens with zero attached hydrogens (tertiary/aromatic N) is 5. The fraction of sp³-hybridized carbons (Fsp3) is 0.455. The summed E-state index contributed by atoms with van der Waals surface area (Å²) >= 11 is 0. The van der Waals surface area contributed by atoms with Crippen LogP contribution in [0.4, 0.5) is 5.82 Å². The molecule has 2 aromatic heterocycles. The maximum atomic E-state index is 12.0. The van der Waals surface area contributed by atoms with Gasteiger partial charge in [-0.25, -0.2) is 15.0 Å². The molecule has 2 aromatic rings. The summed E-state index contributed by atoms with van der Waals surface area (Å²) in [6, 6.07) is 0.409. The van der Waals surface area contributed by atoms with Crippen LogP contribution < -0.4 is 5.73 Å². The number of nitrogens with two attached hydrogens (primary N) is 1. The topological polar surface area (TPSA) is 89.9 Å². The van der Waals surface area contributed by atoms with Crippen molar-refractivity contribution in [3.8, 4) is 0 Å². The number of aromatic nitrogens is 4. The molecule has 1 amide bonds. The molecule has 0 aliphatic heterocycles. The van der Waals surface area contributed by atoms with Gasteiger partial charge in [0, 0.05) is 13.1 Å². The third-order valence-corrected chi connectivity index (χ3v) is 3.22. The normalized spacial score (nSPS) is 14.9. The van der Waals surface area contributed by atoms with Gasteiger partial charge in [0.15, 0.2) is 11.5 Å². The molecular weight excluding hydrogens is 232 g/mol. The number of carbonyl (C=O) groups excluding carboxylic acids is 1. The van der Waals surface area contributed by atoms with Crippen molar-refractivity contribution in [1.82, 2.24) is 24.4 Å². The molecular formula is C11H14N6O. The molecule has 7 nitrogen and oxygen atoms in total. The Labute approximate surface area is 104 Å². The smallest absolute Gasteiger partial charge is 0.242 e. The van der Waals surface area contributed by atoms with Crippen LogP contribution in [0, 0.1) is 0 Å². The van der Waals surface area contributed by atoms with E-state index in [0.29, 0.717) is 23.0 Å². The fourth-order valence-corrected chi connectivity index (χ4v) is 1.94. The molecule has 0 radical (unpaired) electrons. The molecule has 0 spiro atoms. The van der Waals surface area contributed by atoms with Gasteiger partial charge < -0.3 is 15.2 Å². The van der Waals surface area contributed by atoms with E-state index >= 15 is 0 Å². The van der Waals surface area contributed by atoms with Crippen molar-refractivity contribution in [3.63, 3.8) is 0 Å². The maximum Gasteiger partial charge on any atom is 0.242 e. The van der Waals surface area contributed by atoms with Gasteiger partial charge in [0.05, 0.1) is 6.33 Å². The summed E-state index contributed by atoms with van der Waals surface area (Å²) in [4.78, 5) is 25.9.